The van der Waals surface area contributed by atoms with Crippen LogP contribution in [0.15, 0.2) is 36.4 Å². The first-order chi connectivity index (χ1) is 15.5. The number of anilines is 1. The molecule has 2 aromatic carbocycles. The fourth-order valence-corrected chi connectivity index (χ4v) is 4.74. The van der Waals surface area contributed by atoms with Crippen molar-refractivity contribution >= 4 is 29.2 Å². The largest absolute Gasteiger partial charge is 0.454 e. The van der Waals surface area contributed by atoms with Crippen molar-refractivity contribution in [1.29, 1.82) is 0 Å². The van der Waals surface area contributed by atoms with Gasteiger partial charge < -0.3 is 14.4 Å². The second-order valence-electron chi connectivity index (χ2n) is 8.47. The molecule has 1 fully saturated rings. The van der Waals surface area contributed by atoms with E-state index in [1.165, 1.54) is 18.4 Å². The zero-order valence-corrected chi connectivity index (χ0v) is 19.7. The van der Waals surface area contributed by atoms with E-state index in [0.29, 0.717) is 16.0 Å². The third kappa shape index (κ3) is 4.26. The maximum atomic E-state index is 6.46. The van der Waals surface area contributed by atoms with Crippen LogP contribution in [0.5, 0.6) is 11.5 Å². The molecule has 3 aromatic rings. The van der Waals surface area contributed by atoms with Gasteiger partial charge in [0.2, 0.25) is 12.7 Å². The standard InChI is InChI=1S/C24H26Cl2N4O2/c1-3-10-29(24-27-15(2)30(28-24)20-8-7-18(25)13-19(20)26)21(11-16-4-5-16)17-6-9-22-23(12-17)32-14-31-22/h6-9,12-13,16,21H,3-5,10-11,14H2,1-2H3/t21-/m0/s1. The van der Waals surface area contributed by atoms with E-state index in [2.05, 4.69) is 24.0 Å². The van der Waals surface area contributed by atoms with Crippen LogP contribution in [-0.4, -0.2) is 28.1 Å². The van der Waals surface area contributed by atoms with Crippen molar-refractivity contribution in [3.05, 3.63) is 57.8 Å². The van der Waals surface area contributed by atoms with Crippen molar-refractivity contribution in [3.63, 3.8) is 0 Å². The van der Waals surface area contributed by atoms with Gasteiger partial charge >= 0.3 is 0 Å². The molecule has 6 nitrogen and oxygen atoms in total. The highest BCUT2D eigenvalue weighted by molar-refractivity contribution is 6.35. The lowest BCUT2D eigenvalue weighted by molar-refractivity contribution is 0.174. The maximum absolute atomic E-state index is 6.46. The van der Waals surface area contributed by atoms with Gasteiger partial charge in [-0.15, -0.1) is 5.10 Å². The lowest BCUT2D eigenvalue weighted by Gasteiger charge is -2.31. The SMILES string of the molecule is CCCN(c1nc(C)n(-c2ccc(Cl)cc2Cl)n1)[C@@H](CC1CC1)c1ccc2c(c1)OCO2. The molecule has 8 heteroatoms. The van der Waals surface area contributed by atoms with Gasteiger partial charge in [0.05, 0.1) is 16.8 Å². The van der Waals surface area contributed by atoms with Crippen LogP contribution < -0.4 is 14.4 Å². The number of halogens is 2. The Kier molecular flexibility index (Phi) is 5.91. The minimum atomic E-state index is 0.160. The first-order valence-electron chi connectivity index (χ1n) is 11.1. The van der Waals surface area contributed by atoms with Gasteiger partial charge in [-0.05, 0) is 61.6 Å². The fraction of sp³-hybridized carbons (Fsp3) is 0.417. The lowest BCUT2D eigenvalue weighted by atomic mass is 9.98. The number of benzene rings is 2. The van der Waals surface area contributed by atoms with Crippen LogP contribution in [0.3, 0.4) is 0 Å². The Morgan fingerprint density at radius 2 is 1.94 bits per heavy atom. The molecule has 32 heavy (non-hydrogen) atoms. The molecule has 5 rings (SSSR count). The molecule has 1 aromatic heterocycles. The van der Waals surface area contributed by atoms with Crippen LogP contribution in [0, 0.1) is 12.8 Å². The Bertz CT molecular complexity index is 1130. The minimum absolute atomic E-state index is 0.160. The average molecular weight is 473 g/mol. The number of hydrogen-bond donors (Lipinski definition) is 0. The number of rotatable bonds is 8. The second kappa shape index (κ2) is 8.83. The summed E-state index contributed by atoms with van der Waals surface area (Å²) >= 11 is 12.6. The van der Waals surface area contributed by atoms with Crippen LogP contribution >= 0.6 is 23.2 Å². The number of ether oxygens (including phenoxy) is 2. The number of aryl methyl sites for hydroxylation is 1. The predicted octanol–water partition coefficient (Wildman–Crippen LogP) is 6.37. The van der Waals surface area contributed by atoms with Crippen LogP contribution in [0.4, 0.5) is 5.95 Å². The molecule has 0 saturated heterocycles. The maximum Gasteiger partial charge on any atom is 0.245 e. The first kappa shape index (κ1) is 21.4. The van der Waals surface area contributed by atoms with Crippen molar-refractivity contribution < 1.29 is 9.47 Å². The molecule has 1 aliphatic heterocycles. The Balaban J connectivity index is 1.53. The normalized spacial score (nSPS) is 15.8. The molecule has 168 valence electrons. The van der Waals surface area contributed by atoms with Crippen molar-refractivity contribution in [1.82, 2.24) is 14.8 Å². The van der Waals surface area contributed by atoms with Gasteiger partial charge in [-0.3, -0.25) is 0 Å². The van der Waals surface area contributed by atoms with Gasteiger partial charge in [-0.1, -0.05) is 49.0 Å². The smallest absolute Gasteiger partial charge is 0.245 e. The third-order valence-corrected chi connectivity index (χ3v) is 6.57. The van der Waals surface area contributed by atoms with Gasteiger partial charge in [0.25, 0.3) is 0 Å². The first-order valence-corrected chi connectivity index (χ1v) is 11.8. The average Bonchev–Trinajstić information content (AvgIpc) is 3.33. The van der Waals surface area contributed by atoms with Gasteiger partial charge in [-0.25, -0.2) is 4.68 Å². The van der Waals surface area contributed by atoms with Crippen LogP contribution in [0.2, 0.25) is 10.0 Å². The molecule has 1 saturated carbocycles. The zero-order chi connectivity index (χ0) is 22.2. The third-order valence-electron chi connectivity index (χ3n) is 6.03. The molecule has 0 unspecified atom stereocenters. The van der Waals surface area contributed by atoms with Crippen molar-refractivity contribution in [2.75, 3.05) is 18.2 Å². The zero-order valence-electron chi connectivity index (χ0n) is 18.2. The van der Waals surface area contributed by atoms with E-state index in [1.807, 2.05) is 25.1 Å². The summed E-state index contributed by atoms with van der Waals surface area (Å²) in [5.74, 6) is 3.83. The topological polar surface area (TPSA) is 52.4 Å². The number of hydrogen-bond acceptors (Lipinski definition) is 5. The molecule has 0 radical (unpaired) electrons. The van der Waals surface area contributed by atoms with Gasteiger partial charge in [0.1, 0.15) is 5.82 Å². The van der Waals surface area contributed by atoms with Gasteiger partial charge in [0.15, 0.2) is 11.5 Å². The van der Waals surface area contributed by atoms with Crippen LogP contribution in [0.25, 0.3) is 5.69 Å². The highest BCUT2D eigenvalue weighted by atomic mass is 35.5. The molecular formula is C24H26Cl2N4O2. The summed E-state index contributed by atoms with van der Waals surface area (Å²) in [6, 6.07) is 11.8. The molecule has 0 N–H and O–H groups in total. The van der Waals surface area contributed by atoms with E-state index >= 15 is 0 Å². The van der Waals surface area contributed by atoms with Crippen LogP contribution in [-0.2, 0) is 0 Å². The van der Waals surface area contributed by atoms with Gasteiger partial charge in [0, 0.05) is 11.6 Å². The van der Waals surface area contributed by atoms with E-state index in [0.717, 1.165) is 48.3 Å². The Labute approximate surface area is 198 Å². The highest BCUT2D eigenvalue weighted by Crippen LogP contribution is 2.43. The highest BCUT2D eigenvalue weighted by Gasteiger charge is 2.32. The fourth-order valence-electron chi connectivity index (χ4n) is 4.25. The number of fused-ring (bicyclic) bond motifs is 1. The number of aromatic nitrogens is 3. The monoisotopic (exact) mass is 472 g/mol. The summed E-state index contributed by atoms with van der Waals surface area (Å²) in [7, 11) is 0. The summed E-state index contributed by atoms with van der Waals surface area (Å²) in [6.07, 6.45) is 4.61. The summed E-state index contributed by atoms with van der Waals surface area (Å²) in [6.45, 7) is 5.25. The summed E-state index contributed by atoms with van der Waals surface area (Å²) < 4.78 is 13.0. The Morgan fingerprint density at radius 1 is 1.12 bits per heavy atom. The Morgan fingerprint density at radius 3 is 2.69 bits per heavy atom. The van der Waals surface area contributed by atoms with E-state index in [-0.39, 0.29) is 12.8 Å². The van der Waals surface area contributed by atoms with Crippen molar-refractivity contribution in [2.45, 2.75) is 45.6 Å². The Hall–Kier alpha value is -2.44. The van der Waals surface area contributed by atoms with Crippen molar-refractivity contribution in [3.8, 4) is 17.2 Å². The molecule has 1 aliphatic carbocycles. The summed E-state index contributed by atoms with van der Waals surface area (Å²) in [5, 5.41) is 6.02. The van der Waals surface area contributed by atoms with Gasteiger partial charge in [-0.2, -0.15) is 4.98 Å². The minimum Gasteiger partial charge on any atom is -0.454 e. The van der Waals surface area contributed by atoms with E-state index in [9.17, 15) is 0 Å². The van der Waals surface area contributed by atoms with E-state index in [1.54, 1.807) is 10.7 Å². The molecule has 1 atom stereocenters. The molecule has 2 heterocycles. The lowest BCUT2D eigenvalue weighted by Crippen LogP contribution is -2.31. The molecule has 2 aliphatic rings. The molecule has 0 amide bonds. The molecule has 0 bridgehead atoms. The second-order valence-corrected chi connectivity index (χ2v) is 9.31. The predicted molar refractivity (Wildman–Crippen MR) is 126 cm³/mol. The summed E-state index contributed by atoms with van der Waals surface area (Å²) in [5.41, 5.74) is 1.97. The summed E-state index contributed by atoms with van der Waals surface area (Å²) in [4.78, 5) is 7.17. The van der Waals surface area contributed by atoms with E-state index < -0.39 is 0 Å². The van der Waals surface area contributed by atoms with Crippen LogP contribution in [0.1, 0.15) is 50.0 Å². The quantitative estimate of drug-likeness (QED) is 0.381. The van der Waals surface area contributed by atoms with E-state index in [4.69, 9.17) is 42.8 Å². The van der Waals surface area contributed by atoms with Crippen molar-refractivity contribution in [2.24, 2.45) is 5.92 Å². The number of nitrogens with zero attached hydrogens (tertiary/aromatic N) is 4. The molecular weight excluding hydrogens is 447 g/mol. The molecule has 0 spiro atoms.